The third-order valence-electron chi connectivity index (χ3n) is 4.38. The maximum Gasteiger partial charge on any atom is 0.248 e. The second-order valence-electron chi connectivity index (χ2n) is 6.30. The van der Waals surface area contributed by atoms with Gasteiger partial charge in [-0.2, -0.15) is 0 Å². The first-order chi connectivity index (χ1) is 12.5. The molecule has 1 aliphatic rings. The summed E-state index contributed by atoms with van der Waals surface area (Å²) in [5, 5.41) is 4.05. The molecule has 0 radical (unpaired) electrons. The number of halogens is 2. The summed E-state index contributed by atoms with van der Waals surface area (Å²) in [5.41, 5.74) is 2.61. The zero-order valence-corrected chi connectivity index (χ0v) is 16.1. The van der Waals surface area contributed by atoms with E-state index in [1.165, 1.54) is 6.08 Å². The maximum absolute atomic E-state index is 12.4. The first-order valence-electron chi connectivity index (χ1n) is 8.49. The molecule has 3 rings (SSSR count). The van der Waals surface area contributed by atoms with Crippen LogP contribution in [0.25, 0.3) is 6.08 Å². The van der Waals surface area contributed by atoms with Crippen LogP contribution in [-0.2, 0) is 4.79 Å². The van der Waals surface area contributed by atoms with Crippen molar-refractivity contribution in [2.75, 3.05) is 43.4 Å². The molecule has 6 heteroatoms. The molecular formula is C20H21Cl2N3O. The van der Waals surface area contributed by atoms with E-state index in [1.54, 1.807) is 24.3 Å². The first kappa shape index (κ1) is 18.8. The molecule has 0 bridgehead atoms. The van der Waals surface area contributed by atoms with E-state index in [2.05, 4.69) is 22.2 Å². The van der Waals surface area contributed by atoms with Gasteiger partial charge in [0.2, 0.25) is 5.91 Å². The van der Waals surface area contributed by atoms with E-state index >= 15 is 0 Å². The normalized spacial score (nSPS) is 15.4. The summed E-state index contributed by atoms with van der Waals surface area (Å²) in [4.78, 5) is 17.0. The van der Waals surface area contributed by atoms with Crippen LogP contribution in [0.2, 0.25) is 10.0 Å². The van der Waals surface area contributed by atoms with Crippen molar-refractivity contribution in [1.82, 2.24) is 4.90 Å². The smallest absolute Gasteiger partial charge is 0.248 e. The molecule has 2 aromatic carbocycles. The molecule has 1 N–H and O–H groups in total. The van der Waals surface area contributed by atoms with Crippen LogP contribution < -0.4 is 10.2 Å². The lowest BCUT2D eigenvalue weighted by atomic mass is 10.2. The number of piperazine rings is 1. The Morgan fingerprint density at radius 3 is 2.54 bits per heavy atom. The van der Waals surface area contributed by atoms with Crippen LogP contribution in [0.5, 0.6) is 0 Å². The van der Waals surface area contributed by atoms with E-state index < -0.39 is 0 Å². The van der Waals surface area contributed by atoms with Crippen molar-refractivity contribution >= 4 is 46.6 Å². The number of hydrogen-bond donors (Lipinski definition) is 1. The van der Waals surface area contributed by atoms with Gasteiger partial charge in [0.1, 0.15) is 0 Å². The van der Waals surface area contributed by atoms with Crippen LogP contribution in [0.4, 0.5) is 11.4 Å². The number of nitrogens with zero attached hydrogens (tertiary/aromatic N) is 2. The van der Waals surface area contributed by atoms with Crippen LogP contribution in [0, 0.1) is 0 Å². The van der Waals surface area contributed by atoms with Gasteiger partial charge in [-0.05, 0) is 43.0 Å². The molecule has 0 aliphatic carbocycles. The van der Waals surface area contributed by atoms with Crippen molar-refractivity contribution < 1.29 is 4.79 Å². The lowest BCUT2D eigenvalue weighted by molar-refractivity contribution is -0.111. The van der Waals surface area contributed by atoms with Gasteiger partial charge in [0.05, 0.1) is 11.4 Å². The molecule has 1 fully saturated rings. The van der Waals surface area contributed by atoms with Gasteiger partial charge < -0.3 is 15.1 Å². The summed E-state index contributed by atoms with van der Waals surface area (Å²) in [6.45, 7) is 3.91. The third-order valence-corrected chi connectivity index (χ3v) is 4.95. The highest BCUT2D eigenvalue weighted by Gasteiger charge is 2.17. The number of likely N-dealkylation sites (N-methyl/N-ethyl adjacent to an activating group) is 1. The molecule has 0 aromatic heterocycles. The summed E-state index contributed by atoms with van der Waals surface area (Å²) in [6.07, 6.45) is 3.17. The second kappa shape index (κ2) is 8.58. The number of nitrogens with one attached hydrogen (secondary N) is 1. The van der Waals surface area contributed by atoms with Crippen LogP contribution in [0.1, 0.15) is 5.56 Å². The number of carbonyl (C=O) groups excluding carboxylic acids is 1. The Morgan fingerprint density at radius 1 is 1.08 bits per heavy atom. The van der Waals surface area contributed by atoms with Gasteiger partial charge in [0.25, 0.3) is 0 Å². The van der Waals surface area contributed by atoms with E-state index in [1.807, 2.05) is 24.3 Å². The lowest BCUT2D eigenvalue weighted by Gasteiger charge is -2.35. The molecule has 0 saturated carbocycles. The highest BCUT2D eigenvalue weighted by molar-refractivity contribution is 6.35. The fourth-order valence-corrected chi connectivity index (χ4v) is 3.35. The fourth-order valence-electron chi connectivity index (χ4n) is 2.88. The highest BCUT2D eigenvalue weighted by Crippen LogP contribution is 2.27. The number of benzene rings is 2. The number of amides is 1. The molecule has 1 amide bonds. The molecule has 1 saturated heterocycles. The molecule has 0 spiro atoms. The van der Waals surface area contributed by atoms with Crippen LogP contribution >= 0.6 is 23.2 Å². The minimum atomic E-state index is -0.197. The van der Waals surface area contributed by atoms with Gasteiger partial charge >= 0.3 is 0 Å². The predicted molar refractivity (Wildman–Crippen MR) is 110 cm³/mol. The van der Waals surface area contributed by atoms with Crippen molar-refractivity contribution in [3.8, 4) is 0 Å². The second-order valence-corrected chi connectivity index (χ2v) is 7.14. The van der Waals surface area contributed by atoms with Crippen LogP contribution in [0.3, 0.4) is 0 Å². The Bertz CT molecular complexity index is 814. The number of para-hydroxylation sites is 2. The zero-order chi connectivity index (χ0) is 18.5. The summed E-state index contributed by atoms with van der Waals surface area (Å²) in [7, 11) is 2.12. The molecule has 1 heterocycles. The van der Waals surface area contributed by atoms with E-state index in [-0.39, 0.29) is 5.91 Å². The van der Waals surface area contributed by atoms with Gasteiger partial charge in [-0.1, -0.05) is 41.4 Å². The Hall–Kier alpha value is -2.01. The molecule has 0 atom stereocenters. The van der Waals surface area contributed by atoms with Gasteiger partial charge in [0, 0.05) is 42.3 Å². The van der Waals surface area contributed by atoms with Crippen molar-refractivity contribution in [1.29, 1.82) is 0 Å². The summed E-state index contributed by atoms with van der Waals surface area (Å²) in [6, 6.07) is 13.1. The zero-order valence-electron chi connectivity index (χ0n) is 14.6. The Balaban J connectivity index is 1.70. The van der Waals surface area contributed by atoms with E-state index in [0.29, 0.717) is 10.0 Å². The predicted octanol–water partition coefficient (Wildman–Crippen LogP) is 4.40. The maximum atomic E-state index is 12.4. The Labute approximate surface area is 164 Å². The minimum Gasteiger partial charge on any atom is -0.367 e. The van der Waals surface area contributed by atoms with Gasteiger partial charge in [-0.15, -0.1) is 0 Å². The molecule has 2 aromatic rings. The highest BCUT2D eigenvalue weighted by atomic mass is 35.5. The van der Waals surface area contributed by atoms with Crippen LogP contribution in [-0.4, -0.2) is 44.0 Å². The summed E-state index contributed by atoms with van der Waals surface area (Å²) < 4.78 is 0. The van der Waals surface area contributed by atoms with E-state index in [9.17, 15) is 4.79 Å². The fraction of sp³-hybridized carbons (Fsp3) is 0.250. The number of rotatable bonds is 4. The van der Waals surface area contributed by atoms with E-state index in [4.69, 9.17) is 23.2 Å². The topological polar surface area (TPSA) is 35.6 Å². The summed E-state index contributed by atoms with van der Waals surface area (Å²) >= 11 is 12.0. The molecule has 1 aliphatic heterocycles. The Kier molecular flexibility index (Phi) is 6.20. The van der Waals surface area contributed by atoms with Crippen LogP contribution in [0.15, 0.2) is 48.5 Å². The molecule has 0 unspecified atom stereocenters. The average Bonchev–Trinajstić information content (AvgIpc) is 2.62. The molecule has 26 heavy (non-hydrogen) atoms. The number of anilines is 2. The summed E-state index contributed by atoms with van der Waals surface area (Å²) in [5.74, 6) is -0.197. The quantitative estimate of drug-likeness (QED) is 0.787. The average molecular weight is 390 g/mol. The SMILES string of the molecule is CN1CCN(c2ccccc2NC(=O)/C=C/c2ccc(Cl)cc2Cl)CC1. The van der Waals surface area contributed by atoms with E-state index in [0.717, 1.165) is 43.1 Å². The molecule has 136 valence electrons. The largest absolute Gasteiger partial charge is 0.367 e. The third kappa shape index (κ3) is 4.79. The molecular weight excluding hydrogens is 369 g/mol. The van der Waals surface area contributed by atoms with Gasteiger partial charge in [-0.3, -0.25) is 4.79 Å². The lowest BCUT2D eigenvalue weighted by Crippen LogP contribution is -2.44. The van der Waals surface area contributed by atoms with Crippen molar-refractivity contribution in [3.05, 3.63) is 64.1 Å². The first-order valence-corrected chi connectivity index (χ1v) is 9.25. The van der Waals surface area contributed by atoms with Gasteiger partial charge in [0.15, 0.2) is 0 Å². The molecule has 4 nitrogen and oxygen atoms in total. The van der Waals surface area contributed by atoms with Crippen molar-refractivity contribution in [3.63, 3.8) is 0 Å². The number of hydrogen-bond acceptors (Lipinski definition) is 3. The Morgan fingerprint density at radius 2 is 1.81 bits per heavy atom. The number of carbonyl (C=O) groups is 1. The monoisotopic (exact) mass is 389 g/mol. The van der Waals surface area contributed by atoms with Crippen molar-refractivity contribution in [2.24, 2.45) is 0 Å². The standard InChI is InChI=1S/C20H21Cl2N3O/c1-24-10-12-25(13-11-24)19-5-3-2-4-18(19)23-20(26)9-7-15-6-8-16(21)14-17(15)22/h2-9,14H,10-13H2,1H3,(H,23,26)/b9-7+. The van der Waals surface area contributed by atoms with Crippen molar-refractivity contribution in [2.45, 2.75) is 0 Å². The van der Waals surface area contributed by atoms with Gasteiger partial charge in [-0.25, -0.2) is 0 Å². The minimum absolute atomic E-state index is 0.197.